The van der Waals surface area contributed by atoms with Gasteiger partial charge in [-0.05, 0) is 50.2 Å². The molecule has 0 bridgehead atoms. The van der Waals surface area contributed by atoms with Crippen LogP contribution in [0.5, 0.6) is 0 Å². The van der Waals surface area contributed by atoms with Crippen molar-refractivity contribution in [3.63, 3.8) is 0 Å². The molecule has 1 aliphatic rings. The zero-order valence-electron chi connectivity index (χ0n) is 13.4. The summed E-state index contributed by atoms with van der Waals surface area (Å²) in [5.74, 6) is 0.387. The van der Waals surface area contributed by atoms with E-state index < -0.39 is 0 Å². The fraction of sp³-hybridized carbons (Fsp3) is 0.667. The second kappa shape index (κ2) is 6.17. The molecule has 2 heteroatoms. The van der Waals surface area contributed by atoms with Crippen LogP contribution in [0.15, 0.2) is 24.3 Å². The molecule has 2 nitrogen and oxygen atoms in total. The lowest BCUT2D eigenvalue weighted by molar-refractivity contribution is 0.0250. The van der Waals surface area contributed by atoms with E-state index in [2.05, 4.69) is 56.9 Å². The van der Waals surface area contributed by atoms with Crippen LogP contribution in [0.25, 0.3) is 0 Å². The Hall–Kier alpha value is -1.02. The molecule has 1 aliphatic carbocycles. The first-order valence-electron chi connectivity index (χ1n) is 7.91. The molecule has 20 heavy (non-hydrogen) atoms. The van der Waals surface area contributed by atoms with Crippen LogP contribution >= 0.6 is 0 Å². The number of nitrogens with zero attached hydrogens (tertiary/aromatic N) is 1. The Labute approximate surface area is 123 Å². The van der Waals surface area contributed by atoms with Gasteiger partial charge in [-0.15, -0.1) is 0 Å². The predicted octanol–water partition coefficient (Wildman–Crippen LogP) is 4.01. The molecule has 0 radical (unpaired) electrons. The average molecular weight is 275 g/mol. The number of aryl methyl sites for hydroxylation is 1. The molecule has 1 fully saturated rings. The lowest BCUT2D eigenvalue weighted by atomic mass is 9.70. The summed E-state index contributed by atoms with van der Waals surface area (Å²) in [5, 5.41) is 10.3. The highest BCUT2D eigenvalue weighted by molar-refractivity contribution is 5.52. The molecule has 2 rings (SSSR count). The Morgan fingerprint density at radius 1 is 1.30 bits per heavy atom. The number of hydrogen-bond acceptors (Lipinski definition) is 2. The van der Waals surface area contributed by atoms with E-state index in [1.54, 1.807) is 0 Å². The maximum absolute atomic E-state index is 10.3. The van der Waals surface area contributed by atoms with E-state index >= 15 is 0 Å². The van der Waals surface area contributed by atoms with Gasteiger partial charge in [-0.2, -0.15) is 0 Å². The molecular formula is C18H29NO. The number of anilines is 1. The number of hydrogen-bond donors (Lipinski definition) is 1. The van der Waals surface area contributed by atoms with E-state index in [0.717, 1.165) is 32.4 Å². The monoisotopic (exact) mass is 275 g/mol. The molecule has 0 spiro atoms. The van der Waals surface area contributed by atoms with E-state index in [1.165, 1.54) is 11.3 Å². The van der Waals surface area contributed by atoms with Crippen molar-refractivity contribution in [1.82, 2.24) is 0 Å². The smallest absolute Gasteiger partial charge is 0.0585 e. The molecule has 1 saturated carbocycles. The van der Waals surface area contributed by atoms with E-state index in [9.17, 15) is 5.11 Å². The second-order valence-corrected chi connectivity index (χ2v) is 7.06. The van der Waals surface area contributed by atoms with Gasteiger partial charge in [0.15, 0.2) is 0 Å². The number of rotatable bonds is 4. The van der Waals surface area contributed by atoms with Crippen LogP contribution in [0.2, 0.25) is 0 Å². The average Bonchev–Trinajstić information content (AvgIpc) is 2.41. The first kappa shape index (κ1) is 15.4. The number of benzene rings is 1. The van der Waals surface area contributed by atoms with Crippen LogP contribution in [0.1, 0.15) is 45.6 Å². The molecule has 0 amide bonds. The van der Waals surface area contributed by atoms with Gasteiger partial charge in [0.25, 0.3) is 0 Å². The zero-order valence-corrected chi connectivity index (χ0v) is 13.4. The molecular weight excluding hydrogens is 246 g/mol. The number of para-hydroxylation sites is 1. The van der Waals surface area contributed by atoms with Gasteiger partial charge in [0.2, 0.25) is 0 Å². The summed E-state index contributed by atoms with van der Waals surface area (Å²) in [6, 6.07) is 8.55. The minimum Gasteiger partial charge on any atom is -0.393 e. The van der Waals surface area contributed by atoms with Gasteiger partial charge in [-0.1, -0.05) is 32.0 Å². The molecule has 112 valence electrons. The first-order chi connectivity index (χ1) is 9.43. The Kier molecular flexibility index (Phi) is 4.74. The molecule has 0 saturated heterocycles. The SMILES string of the molecule is CCN(CC1CC(C)(C)CCC1O)c1ccccc1C. The van der Waals surface area contributed by atoms with Gasteiger partial charge in [-0.25, -0.2) is 0 Å². The van der Waals surface area contributed by atoms with Crippen LogP contribution in [-0.4, -0.2) is 24.3 Å². The van der Waals surface area contributed by atoms with Crippen molar-refractivity contribution in [2.24, 2.45) is 11.3 Å². The van der Waals surface area contributed by atoms with Crippen LogP contribution in [0.3, 0.4) is 0 Å². The number of aliphatic hydroxyl groups is 1. The third-order valence-electron chi connectivity index (χ3n) is 4.77. The van der Waals surface area contributed by atoms with E-state index in [1.807, 2.05) is 0 Å². The third-order valence-corrected chi connectivity index (χ3v) is 4.77. The fourth-order valence-electron chi connectivity index (χ4n) is 3.51. The van der Waals surface area contributed by atoms with Gasteiger partial charge >= 0.3 is 0 Å². The molecule has 1 aromatic rings. The predicted molar refractivity (Wildman–Crippen MR) is 86.2 cm³/mol. The molecule has 0 aliphatic heterocycles. The van der Waals surface area contributed by atoms with E-state index in [-0.39, 0.29) is 6.10 Å². The lowest BCUT2D eigenvalue weighted by Crippen LogP contribution is -2.41. The molecule has 0 aromatic heterocycles. The fourth-order valence-corrected chi connectivity index (χ4v) is 3.51. The highest BCUT2D eigenvalue weighted by Gasteiger charge is 2.34. The standard InChI is InChI=1S/C18H29NO/c1-5-19(16-9-7-6-8-14(16)2)13-15-12-18(3,4)11-10-17(15)20/h6-9,15,17,20H,5,10-13H2,1-4H3. The van der Waals surface area contributed by atoms with Crippen molar-refractivity contribution in [3.05, 3.63) is 29.8 Å². The van der Waals surface area contributed by atoms with E-state index in [4.69, 9.17) is 0 Å². The van der Waals surface area contributed by atoms with Gasteiger partial charge in [0.1, 0.15) is 0 Å². The van der Waals surface area contributed by atoms with Gasteiger partial charge in [0.05, 0.1) is 6.10 Å². The van der Waals surface area contributed by atoms with Gasteiger partial charge in [-0.3, -0.25) is 0 Å². The van der Waals surface area contributed by atoms with Crippen LogP contribution < -0.4 is 4.90 Å². The molecule has 1 aromatic carbocycles. The maximum atomic E-state index is 10.3. The Morgan fingerprint density at radius 3 is 2.65 bits per heavy atom. The van der Waals surface area contributed by atoms with Crippen LogP contribution in [0, 0.1) is 18.3 Å². The zero-order chi connectivity index (χ0) is 14.8. The summed E-state index contributed by atoms with van der Waals surface area (Å²) in [5.41, 5.74) is 3.00. The normalized spacial score (nSPS) is 25.4. The molecule has 0 heterocycles. The molecule has 2 atom stereocenters. The highest BCUT2D eigenvalue weighted by Crippen LogP contribution is 2.39. The Bertz CT molecular complexity index is 441. The van der Waals surface area contributed by atoms with Crippen molar-refractivity contribution in [2.45, 2.75) is 53.1 Å². The second-order valence-electron chi connectivity index (χ2n) is 7.06. The molecule has 1 N–H and O–H groups in total. The van der Waals surface area contributed by atoms with Crippen molar-refractivity contribution in [2.75, 3.05) is 18.0 Å². The summed E-state index contributed by atoms with van der Waals surface area (Å²) < 4.78 is 0. The minimum atomic E-state index is -0.138. The summed E-state index contributed by atoms with van der Waals surface area (Å²) in [4.78, 5) is 2.42. The number of aliphatic hydroxyl groups excluding tert-OH is 1. The quantitative estimate of drug-likeness (QED) is 0.897. The summed E-state index contributed by atoms with van der Waals surface area (Å²) in [6.07, 6.45) is 3.07. The van der Waals surface area contributed by atoms with Crippen molar-refractivity contribution < 1.29 is 5.11 Å². The summed E-state index contributed by atoms with van der Waals surface area (Å²) in [6.45, 7) is 11.0. The lowest BCUT2D eigenvalue weighted by Gasteiger charge is -2.41. The third kappa shape index (κ3) is 3.54. The first-order valence-corrected chi connectivity index (χ1v) is 7.91. The Balaban J connectivity index is 2.12. The highest BCUT2D eigenvalue weighted by atomic mass is 16.3. The van der Waals surface area contributed by atoms with Crippen molar-refractivity contribution in [3.8, 4) is 0 Å². The van der Waals surface area contributed by atoms with Crippen LogP contribution in [0.4, 0.5) is 5.69 Å². The van der Waals surface area contributed by atoms with Crippen molar-refractivity contribution in [1.29, 1.82) is 0 Å². The summed E-state index contributed by atoms with van der Waals surface area (Å²) in [7, 11) is 0. The van der Waals surface area contributed by atoms with Gasteiger partial charge in [0, 0.05) is 24.7 Å². The largest absolute Gasteiger partial charge is 0.393 e. The molecule has 2 unspecified atom stereocenters. The minimum absolute atomic E-state index is 0.138. The van der Waals surface area contributed by atoms with Crippen molar-refractivity contribution >= 4 is 5.69 Å². The van der Waals surface area contributed by atoms with E-state index in [0.29, 0.717) is 11.3 Å². The van der Waals surface area contributed by atoms with Gasteiger partial charge < -0.3 is 10.0 Å². The maximum Gasteiger partial charge on any atom is 0.0585 e. The Morgan fingerprint density at radius 2 is 2.00 bits per heavy atom. The summed E-state index contributed by atoms with van der Waals surface area (Å²) >= 11 is 0. The van der Waals surface area contributed by atoms with Crippen LogP contribution in [-0.2, 0) is 0 Å². The topological polar surface area (TPSA) is 23.5 Å².